The molecule has 3 rings (SSSR count). The fraction of sp³-hybridized carbons (Fsp3) is 0.500. The first-order valence-corrected chi connectivity index (χ1v) is 9.10. The minimum Gasteiger partial charge on any atom is -0.350 e. The summed E-state index contributed by atoms with van der Waals surface area (Å²) in [5.74, 6) is 0.0613. The number of likely N-dealkylation sites (tertiary alicyclic amines) is 1. The van der Waals surface area contributed by atoms with Crippen molar-refractivity contribution in [1.82, 2.24) is 10.2 Å². The van der Waals surface area contributed by atoms with Crippen molar-refractivity contribution < 1.29 is 4.79 Å². The first-order chi connectivity index (χ1) is 10.8. The van der Waals surface area contributed by atoms with E-state index in [0.29, 0.717) is 6.04 Å². The van der Waals surface area contributed by atoms with E-state index in [1.54, 1.807) is 11.3 Å². The molecule has 4 heteroatoms. The largest absolute Gasteiger partial charge is 0.350 e. The Bertz CT molecular complexity index is 604. The summed E-state index contributed by atoms with van der Waals surface area (Å²) < 4.78 is 1.18. The van der Waals surface area contributed by atoms with E-state index in [-0.39, 0.29) is 5.91 Å². The SMILES string of the molecule is CCC1CCCCN1CCNC(=O)c1cc2ccccc2s1. The molecule has 118 valence electrons. The standard InChI is InChI=1S/C18H24N2OS/c1-2-15-8-5-6-11-20(15)12-10-19-18(21)17-13-14-7-3-4-9-16(14)22-17/h3-4,7,9,13,15H,2,5-6,8,10-12H2,1H3,(H,19,21). The molecule has 1 aliphatic rings. The van der Waals surface area contributed by atoms with Gasteiger partial charge in [-0.2, -0.15) is 0 Å². The number of nitrogens with zero attached hydrogens (tertiary/aromatic N) is 1. The van der Waals surface area contributed by atoms with Gasteiger partial charge in [0.2, 0.25) is 0 Å². The normalized spacial score (nSPS) is 19.4. The third-order valence-corrected chi connectivity index (χ3v) is 5.67. The lowest BCUT2D eigenvalue weighted by Gasteiger charge is -2.35. The van der Waals surface area contributed by atoms with E-state index in [9.17, 15) is 4.79 Å². The predicted molar refractivity (Wildman–Crippen MR) is 93.7 cm³/mol. The fourth-order valence-electron chi connectivity index (χ4n) is 3.31. The number of thiophene rings is 1. The molecule has 3 nitrogen and oxygen atoms in total. The molecule has 2 heterocycles. The summed E-state index contributed by atoms with van der Waals surface area (Å²) in [7, 11) is 0. The molecule has 0 saturated carbocycles. The molecule has 0 aliphatic carbocycles. The third-order valence-electron chi connectivity index (χ3n) is 4.55. The number of fused-ring (bicyclic) bond motifs is 1. The molecule has 1 unspecified atom stereocenters. The van der Waals surface area contributed by atoms with Crippen molar-refractivity contribution in [2.24, 2.45) is 0 Å². The van der Waals surface area contributed by atoms with Gasteiger partial charge in [0.15, 0.2) is 0 Å². The highest BCUT2D eigenvalue weighted by molar-refractivity contribution is 7.20. The highest BCUT2D eigenvalue weighted by Gasteiger charge is 2.20. The zero-order chi connectivity index (χ0) is 15.4. The highest BCUT2D eigenvalue weighted by atomic mass is 32.1. The molecular weight excluding hydrogens is 292 g/mol. The van der Waals surface area contributed by atoms with Gasteiger partial charge >= 0.3 is 0 Å². The molecule has 2 aromatic rings. The zero-order valence-corrected chi connectivity index (χ0v) is 14.0. The number of hydrogen-bond donors (Lipinski definition) is 1. The van der Waals surface area contributed by atoms with Gasteiger partial charge in [-0.25, -0.2) is 0 Å². The van der Waals surface area contributed by atoms with Gasteiger partial charge in [-0.15, -0.1) is 11.3 Å². The number of amides is 1. The summed E-state index contributed by atoms with van der Waals surface area (Å²) >= 11 is 1.57. The topological polar surface area (TPSA) is 32.3 Å². The molecule has 1 amide bonds. The summed E-state index contributed by atoms with van der Waals surface area (Å²) in [6.45, 7) is 5.15. The van der Waals surface area contributed by atoms with Crippen LogP contribution in [0.5, 0.6) is 0 Å². The van der Waals surface area contributed by atoms with Crippen LogP contribution in [0.3, 0.4) is 0 Å². The van der Waals surface area contributed by atoms with Gasteiger partial charge < -0.3 is 5.32 Å². The molecule has 1 atom stereocenters. The predicted octanol–water partition coefficient (Wildman–Crippen LogP) is 3.90. The first kappa shape index (κ1) is 15.5. The third kappa shape index (κ3) is 3.50. The molecule has 0 radical (unpaired) electrons. The maximum atomic E-state index is 12.3. The van der Waals surface area contributed by atoms with Crippen LogP contribution in [0.4, 0.5) is 0 Å². The van der Waals surface area contributed by atoms with Crippen LogP contribution in [0.15, 0.2) is 30.3 Å². The molecule has 22 heavy (non-hydrogen) atoms. The van der Waals surface area contributed by atoms with Crippen LogP contribution >= 0.6 is 11.3 Å². The Morgan fingerprint density at radius 1 is 1.36 bits per heavy atom. The Morgan fingerprint density at radius 3 is 3.05 bits per heavy atom. The summed E-state index contributed by atoms with van der Waals surface area (Å²) in [6, 6.07) is 10.8. The average Bonchev–Trinajstić information content (AvgIpc) is 2.99. The van der Waals surface area contributed by atoms with Crippen molar-refractivity contribution in [3.05, 3.63) is 35.2 Å². The van der Waals surface area contributed by atoms with Crippen molar-refractivity contribution >= 4 is 27.3 Å². The average molecular weight is 316 g/mol. The Morgan fingerprint density at radius 2 is 2.23 bits per heavy atom. The quantitative estimate of drug-likeness (QED) is 0.907. The van der Waals surface area contributed by atoms with Crippen LogP contribution in [0.2, 0.25) is 0 Å². The van der Waals surface area contributed by atoms with Crippen LogP contribution in [0.1, 0.15) is 42.3 Å². The number of carbonyl (C=O) groups is 1. The Balaban J connectivity index is 1.53. The van der Waals surface area contributed by atoms with Gasteiger partial charge in [0.05, 0.1) is 4.88 Å². The Hall–Kier alpha value is -1.39. The maximum absolute atomic E-state index is 12.3. The molecule has 1 aromatic heterocycles. The fourth-order valence-corrected chi connectivity index (χ4v) is 4.29. The van der Waals surface area contributed by atoms with Crippen molar-refractivity contribution in [2.45, 2.75) is 38.6 Å². The van der Waals surface area contributed by atoms with Crippen LogP contribution in [-0.4, -0.2) is 36.5 Å². The summed E-state index contributed by atoms with van der Waals surface area (Å²) in [4.78, 5) is 15.6. The van der Waals surface area contributed by atoms with Crippen LogP contribution < -0.4 is 5.32 Å². The van der Waals surface area contributed by atoms with Crippen molar-refractivity contribution in [3.63, 3.8) is 0 Å². The second-order valence-electron chi connectivity index (χ2n) is 6.00. The number of piperidine rings is 1. The second kappa shape index (κ2) is 7.25. The zero-order valence-electron chi connectivity index (χ0n) is 13.2. The molecule has 1 N–H and O–H groups in total. The van der Waals surface area contributed by atoms with Gasteiger partial charge in [-0.05, 0) is 43.3 Å². The van der Waals surface area contributed by atoms with E-state index in [4.69, 9.17) is 0 Å². The van der Waals surface area contributed by atoms with E-state index in [0.717, 1.165) is 23.4 Å². The lowest BCUT2D eigenvalue weighted by Crippen LogP contribution is -2.43. The minimum atomic E-state index is 0.0613. The van der Waals surface area contributed by atoms with Crippen molar-refractivity contribution in [1.29, 1.82) is 0 Å². The van der Waals surface area contributed by atoms with E-state index >= 15 is 0 Å². The number of nitrogens with one attached hydrogen (secondary N) is 1. The first-order valence-electron chi connectivity index (χ1n) is 8.28. The lowest BCUT2D eigenvalue weighted by molar-refractivity contribution is 0.0938. The molecule has 0 bridgehead atoms. The Kier molecular flexibility index (Phi) is 5.11. The molecular formula is C18H24N2OS. The maximum Gasteiger partial charge on any atom is 0.261 e. The smallest absolute Gasteiger partial charge is 0.261 e. The van der Waals surface area contributed by atoms with Gasteiger partial charge in [0.1, 0.15) is 0 Å². The number of rotatable bonds is 5. The summed E-state index contributed by atoms with van der Waals surface area (Å²) in [5.41, 5.74) is 0. The highest BCUT2D eigenvalue weighted by Crippen LogP contribution is 2.25. The van der Waals surface area contributed by atoms with Gasteiger partial charge in [0, 0.05) is 23.8 Å². The van der Waals surface area contributed by atoms with Crippen LogP contribution in [0.25, 0.3) is 10.1 Å². The van der Waals surface area contributed by atoms with Crippen molar-refractivity contribution in [2.75, 3.05) is 19.6 Å². The Labute approximate surface area is 136 Å². The van der Waals surface area contributed by atoms with Crippen LogP contribution in [-0.2, 0) is 0 Å². The summed E-state index contributed by atoms with van der Waals surface area (Å²) in [6.07, 6.45) is 5.16. The number of hydrogen-bond acceptors (Lipinski definition) is 3. The number of benzene rings is 1. The van der Waals surface area contributed by atoms with Gasteiger partial charge in [-0.3, -0.25) is 9.69 Å². The molecule has 0 spiro atoms. The molecule has 1 aliphatic heterocycles. The lowest BCUT2D eigenvalue weighted by atomic mass is 10.0. The minimum absolute atomic E-state index is 0.0613. The van der Waals surface area contributed by atoms with E-state index in [1.807, 2.05) is 18.2 Å². The second-order valence-corrected chi connectivity index (χ2v) is 7.08. The van der Waals surface area contributed by atoms with Gasteiger partial charge in [0.25, 0.3) is 5.91 Å². The van der Waals surface area contributed by atoms with E-state index in [1.165, 1.54) is 36.9 Å². The molecule has 1 saturated heterocycles. The van der Waals surface area contributed by atoms with E-state index < -0.39 is 0 Å². The van der Waals surface area contributed by atoms with Crippen molar-refractivity contribution in [3.8, 4) is 0 Å². The summed E-state index contributed by atoms with van der Waals surface area (Å²) in [5, 5.41) is 4.23. The number of carbonyl (C=O) groups excluding carboxylic acids is 1. The van der Waals surface area contributed by atoms with Crippen LogP contribution in [0, 0.1) is 0 Å². The molecule has 1 fully saturated rings. The monoisotopic (exact) mass is 316 g/mol. The molecule has 1 aromatic carbocycles. The van der Waals surface area contributed by atoms with Gasteiger partial charge in [-0.1, -0.05) is 31.5 Å². The van der Waals surface area contributed by atoms with E-state index in [2.05, 4.69) is 29.3 Å².